The van der Waals surface area contributed by atoms with Gasteiger partial charge in [-0.15, -0.1) is 0 Å². The second kappa shape index (κ2) is 13.5. The number of benzene rings is 6. The van der Waals surface area contributed by atoms with E-state index < -0.39 is 5.60 Å². The molecule has 0 saturated carbocycles. The molecular weight excluding hydrogens is 558 g/mol. The van der Waals surface area contributed by atoms with E-state index in [-0.39, 0.29) is 6.04 Å². The summed E-state index contributed by atoms with van der Waals surface area (Å²) in [6.07, 6.45) is 3.12. The lowest BCUT2D eigenvalue weighted by Crippen LogP contribution is -2.53. The van der Waals surface area contributed by atoms with Crippen molar-refractivity contribution < 1.29 is 4.74 Å². The normalized spacial score (nSPS) is 17.8. The molecule has 2 nitrogen and oxygen atoms in total. The number of aryl methyl sites for hydroxylation is 1. The molecule has 0 aliphatic heterocycles. The van der Waals surface area contributed by atoms with Crippen LogP contribution in [-0.2, 0) is 23.3 Å². The minimum atomic E-state index is -0.431. The Kier molecular flexibility index (Phi) is 8.83. The van der Waals surface area contributed by atoms with E-state index in [0.717, 1.165) is 32.4 Å². The molecule has 0 spiro atoms. The molecule has 6 aromatic carbocycles. The number of fused-ring (bicyclic) bond motifs is 2. The van der Waals surface area contributed by atoms with Gasteiger partial charge < -0.3 is 4.74 Å². The Balaban J connectivity index is 1.21. The lowest BCUT2D eigenvalue weighted by atomic mass is 9.74. The Bertz CT molecular complexity index is 1840. The molecule has 0 saturated heterocycles. The summed E-state index contributed by atoms with van der Waals surface area (Å²) in [7, 11) is 1.90. The van der Waals surface area contributed by atoms with Crippen LogP contribution in [0.1, 0.15) is 53.5 Å². The fourth-order valence-electron chi connectivity index (χ4n) is 7.71. The first-order valence-electron chi connectivity index (χ1n) is 16.7. The first-order chi connectivity index (χ1) is 22.6. The van der Waals surface area contributed by atoms with Gasteiger partial charge in [0.15, 0.2) is 0 Å². The third-order valence-electron chi connectivity index (χ3n) is 10.2. The molecule has 2 heteroatoms. The maximum absolute atomic E-state index is 6.57. The van der Waals surface area contributed by atoms with Crippen molar-refractivity contribution in [1.29, 1.82) is 0 Å². The van der Waals surface area contributed by atoms with Crippen molar-refractivity contribution >= 4 is 10.8 Å². The van der Waals surface area contributed by atoms with Gasteiger partial charge in [0.25, 0.3) is 0 Å². The molecule has 2 unspecified atom stereocenters. The summed E-state index contributed by atoms with van der Waals surface area (Å²) in [4.78, 5) is 2.71. The number of hydrogen-bond donors (Lipinski definition) is 0. The highest BCUT2D eigenvalue weighted by Gasteiger charge is 2.44. The highest BCUT2D eigenvalue weighted by Crippen LogP contribution is 2.43. The average molecular weight is 602 g/mol. The molecule has 46 heavy (non-hydrogen) atoms. The Hall–Kier alpha value is -4.50. The van der Waals surface area contributed by atoms with Crippen LogP contribution < -0.4 is 0 Å². The van der Waals surface area contributed by atoms with Gasteiger partial charge in [0, 0.05) is 25.6 Å². The monoisotopic (exact) mass is 601 g/mol. The summed E-state index contributed by atoms with van der Waals surface area (Å²) in [6, 6.07) is 55.6. The minimum absolute atomic E-state index is 0.240. The topological polar surface area (TPSA) is 12.5 Å². The molecule has 0 radical (unpaired) electrons. The summed E-state index contributed by atoms with van der Waals surface area (Å²) in [5.41, 5.74) is 8.91. The lowest BCUT2D eigenvalue weighted by molar-refractivity contribution is -0.0837. The summed E-state index contributed by atoms with van der Waals surface area (Å²) in [6.45, 7) is 4.18. The number of rotatable bonds is 10. The molecular formula is C44H43NO. The molecule has 230 valence electrons. The van der Waals surface area contributed by atoms with Crippen LogP contribution in [-0.4, -0.2) is 24.6 Å². The zero-order valence-electron chi connectivity index (χ0n) is 27.0. The molecule has 0 fully saturated rings. The lowest BCUT2D eigenvalue weighted by Gasteiger charge is -2.48. The zero-order chi connectivity index (χ0) is 31.3. The largest absolute Gasteiger partial charge is 0.372 e. The van der Waals surface area contributed by atoms with Crippen molar-refractivity contribution in [3.8, 4) is 11.1 Å². The van der Waals surface area contributed by atoms with E-state index in [1.165, 1.54) is 49.7 Å². The van der Waals surface area contributed by atoms with E-state index in [1.54, 1.807) is 0 Å². The molecule has 6 aromatic rings. The van der Waals surface area contributed by atoms with Crippen LogP contribution in [0, 0.1) is 0 Å². The highest BCUT2D eigenvalue weighted by molar-refractivity contribution is 5.87. The molecule has 0 bridgehead atoms. The van der Waals surface area contributed by atoms with Gasteiger partial charge in [0.2, 0.25) is 0 Å². The Morgan fingerprint density at radius 2 is 1.26 bits per heavy atom. The van der Waals surface area contributed by atoms with Crippen LogP contribution >= 0.6 is 0 Å². The summed E-state index contributed by atoms with van der Waals surface area (Å²) < 4.78 is 6.57. The quantitative estimate of drug-likeness (QED) is 0.155. The third-order valence-corrected chi connectivity index (χ3v) is 10.2. The molecule has 0 aromatic heterocycles. The van der Waals surface area contributed by atoms with Gasteiger partial charge in [0.1, 0.15) is 5.60 Å². The smallest absolute Gasteiger partial charge is 0.106 e. The Morgan fingerprint density at radius 1 is 0.674 bits per heavy atom. The van der Waals surface area contributed by atoms with Crippen LogP contribution in [0.25, 0.3) is 21.9 Å². The van der Waals surface area contributed by atoms with Crippen molar-refractivity contribution in [3.05, 3.63) is 179 Å². The van der Waals surface area contributed by atoms with Gasteiger partial charge in [-0.05, 0) is 88.5 Å². The van der Waals surface area contributed by atoms with Crippen molar-refractivity contribution in [1.82, 2.24) is 4.90 Å². The van der Waals surface area contributed by atoms with E-state index in [1.807, 2.05) is 7.11 Å². The Morgan fingerprint density at radius 3 is 1.93 bits per heavy atom. The first kappa shape index (κ1) is 30.2. The van der Waals surface area contributed by atoms with Crippen molar-refractivity contribution in [2.75, 3.05) is 13.7 Å². The standard InChI is InChI=1S/C44H43NO/c1-44(46-2)42-26-24-39(38-23-22-34-16-12-13-21-37(34)30-38)31-40(42)25-27-43(44)45(32-33-14-6-3-7-15-33)29-28-41(35-17-8-4-9-18-35)36-19-10-5-11-20-36/h3-24,26,30-31,41,43H,25,27-29,32H2,1-2H3. The summed E-state index contributed by atoms with van der Waals surface area (Å²) in [5.74, 6) is 0.329. The number of hydrogen-bond acceptors (Lipinski definition) is 2. The zero-order valence-corrected chi connectivity index (χ0v) is 27.0. The van der Waals surface area contributed by atoms with Crippen LogP contribution in [0.3, 0.4) is 0 Å². The molecule has 0 amide bonds. The third kappa shape index (κ3) is 6.16. The predicted octanol–water partition coefficient (Wildman–Crippen LogP) is 10.4. The molecule has 1 aliphatic rings. The van der Waals surface area contributed by atoms with Crippen molar-refractivity contribution in [2.24, 2.45) is 0 Å². The van der Waals surface area contributed by atoms with Gasteiger partial charge in [-0.2, -0.15) is 0 Å². The number of ether oxygens (including phenoxy) is 1. The number of methoxy groups -OCH3 is 1. The Labute approximate surface area is 274 Å². The summed E-state index contributed by atoms with van der Waals surface area (Å²) in [5, 5.41) is 2.56. The van der Waals surface area contributed by atoms with E-state index in [0.29, 0.717) is 5.92 Å². The first-order valence-corrected chi connectivity index (χ1v) is 16.7. The van der Waals surface area contributed by atoms with Crippen LogP contribution in [0.15, 0.2) is 152 Å². The summed E-state index contributed by atoms with van der Waals surface area (Å²) >= 11 is 0. The van der Waals surface area contributed by atoms with Gasteiger partial charge in [-0.1, -0.05) is 146 Å². The van der Waals surface area contributed by atoms with Gasteiger partial charge in [-0.25, -0.2) is 0 Å². The fourth-order valence-corrected chi connectivity index (χ4v) is 7.71. The second-order valence-corrected chi connectivity index (χ2v) is 12.9. The maximum atomic E-state index is 6.57. The SMILES string of the molecule is COC1(C)c2ccc(-c3ccc4ccccc4c3)cc2CCC1N(CCC(c1ccccc1)c1ccccc1)Cc1ccccc1. The predicted molar refractivity (Wildman–Crippen MR) is 192 cm³/mol. The van der Waals surface area contributed by atoms with E-state index in [4.69, 9.17) is 4.74 Å². The minimum Gasteiger partial charge on any atom is -0.372 e. The van der Waals surface area contributed by atoms with Crippen LogP contribution in [0.5, 0.6) is 0 Å². The van der Waals surface area contributed by atoms with E-state index in [2.05, 4.69) is 163 Å². The van der Waals surface area contributed by atoms with Gasteiger partial charge >= 0.3 is 0 Å². The average Bonchev–Trinajstić information content (AvgIpc) is 3.12. The molecule has 0 heterocycles. The van der Waals surface area contributed by atoms with Gasteiger partial charge in [-0.3, -0.25) is 4.90 Å². The van der Waals surface area contributed by atoms with Crippen molar-refractivity contribution in [2.45, 2.75) is 50.3 Å². The van der Waals surface area contributed by atoms with Crippen LogP contribution in [0.4, 0.5) is 0 Å². The molecule has 1 aliphatic carbocycles. The maximum Gasteiger partial charge on any atom is 0.106 e. The van der Waals surface area contributed by atoms with Crippen molar-refractivity contribution in [3.63, 3.8) is 0 Å². The molecule has 0 N–H and O–H groups in total. The van der Waals surface area contributed by atoms with E-state index in [9.17, 15) is 0 Å². The molecule has 7 rings (SSSR count). The van der Waals surface area contributed by atoms with Crippen LogP contribution in [0.2, 0.25) is 0 Å². The number of nitrogens with zero attached hydrogens (tertiary/aromatic N) is 1. The van der Waals surface area contributed by atoms with E-state index >= 15 is 0 Å². The highest BCUT2D eigenvalue weighted by atomic mass is 16.5. The second-order valence-electron chi connectivity index (χ2n) is 12.9. The fraction of sp³-hybridized carbons (Fsp3) is 0.227. The van der Waals surface area contributed by atoms with Gasteiger partial charge in [0.05, 0.1) is 0 Å². The molecule has 2 atom stereocenters.